The van der Waals surface area contributed by atoms with Crippen LogP contribution in [-0.4, -0.2) is 28.7 Å². The van der Waals surface area contributed by atoms with Gasteiger partial charge < -0.3 is 5.32 Å². The molecular weight excluding hydrogens is 413 g/mol. The van der Waals surface area contributed by atoms with Crippen LogP contribution in [0.15, 0.2) is 30.3 Å². The molecule has 3 rings (SSSR count). The van der Waals surface area contributed by atoms with E-state index in [9.17, 15) is 23.2 Å². The second-order valence-electron chi connectivity index (χ2n) is 6.36. The van der Waals surface area contributed by atoms with Crippen LogP contribution in [-0.2, 0) is 4.79 Å². The van der Waals surface area contributed by atoms with Crippen molar-refractivity contribution >= 4 is 40.9 Å². The number of fused-ring (bicyclic) bond motifs is 1. The van der Waals surface area contributed by atoms with E-state index in [0.717, 1.165) is 11.0 Å². The average Bonchev–Trinajstić information content (AvgIpc) is 2.85. The van der Waals surface area contributed by atoms with E-state index in [-0.39, 0.29) is 26.7 Å². The van der Waals surface area contributed by atoms with Gasteiger partial charge in [0.1, 0.15) is 17.7 Å². The molecule has 0 fully saturated rings. The summed E-state index contributed by atoms with van der Waals surface area (Å²) in [7, 11) is 0. The fraction of sp³-hybridized carbons (Fsp3) is 0.211. The van der Waals surface area contributed by atoms with Crippen molar-refractivity contribution in [3.63, 3.8) is 0 Å². The largest absolute Gasteiger partial charge is 0.348 e. The maximum Gasteiger partial charge on any atom is 0.262 e. The first-order valence-electron chi connectivity index (χ1n) is 8.24. The van der Waals surface area contributed by atoms with E-state index in [0.29, 0.717) is 6.07 Å². The Bertz CT molecular complexity index is 972. The summed E-state index contributed by atoms with van der Waals surface area (Å²) in [4.78, 5) is 38.5. The van der Waals surface area contributed by atoms with Crippen LogP contribution in [0.2, 0.25) is 10.0 Å². The van der Waals surface area contributed by atoms with Gasteiger partial charge in [-0.1, -0.05) is 29.3 Å². The number of hydrogen-bond acceptors (Lipinski definition) is 3. The van der Waals surface area contributed by atoms with E-state index in [1.807, 2.05) is 0 Å². The highest BCUT2D eigenvalue weighted by Gasteiger charge is 2.41. The standard InChI is InChI=1S/C19H14Cl2F2N2O3/c1-8(11-4-3-10(22)5-16(11)23)24-17(26)9(2)25-18(27)12-6-14(20)15(21)7-13(12)19(25)28/h3-9H,1-2H3,(H,24,26). The molecule has 146 valence electrons. The maximum atomic E-state index is 13.9. The number of benzene rings is 2. The van der Waals surface area contributed by atoms with E-state index in [2.05, 4.69) is 5.32 Å². The fourth-order valence-electron chi connectivity index (χ4n) is 2.99. The molecule has 1 aliphatic rings. The van der Waals surface area contributed by atoms with Gasteiger partial charge in [0, 0.05) is 11.6 Å². The van der Waals surface area contributed by atoms with Crippen molar-refractivity contribution in [3.8, 4) is 0 Å². The van der Waals surface area contributed by atoms with Gasteiger partial charge in [-0.2, -0.15) is 0 Å². The number of carbonyl (C=O) groups is 3. The normalized spacial score (nSPS) is 15.4. The van der Waals surface area contributed by atoms with Crippen molar-refractivity contribution in [2.24, 2.45) is 0 Å². The topological polar surface area (TPSA) is 66.5 Å². The first-order valence-corrected chi connectivity index (χ1v) is 8.99. The van der Waals surface area contributed by atoms with Gasteiger partial charge in [-0.05, 0) is 32.0 Å². The lowest BCUT2D eigenvalue weighted by Gasteiger charge is -2.24. The Kier molecular flexibility index (Phi) is 5.41. The fourth-order valence-corrected chi connectivity index (χ4v) is 3.31. The van der Waals surface area contributed by atoms with Crippen LogP contribution >= 0.6 is 23.2 Å². The van der Waals surface area contributed by atoms with E-state index >= 15 is 0 Å². The SMILES string of the molecule is CC(NC(=O)C(C)N1C(=O)c2cc(Cl)c(Cl)cc2C1=O)c1ccc(F)cc1F. The summed E-state index contributed by atoms with van der Waals surface area (Å²) < 4.78 is 26.9. The van der Waals surface area contributed by atoms with Crippen molar-refractivity contribution in [2.75, 3.05) is 0 Å². The third-order valence-electron chi connectivity index (χ3n) is 4.51. The van der Waals surface area contributed by atoms with E-state index in [4.69, 9.17) is 23.2 Å². The number of hydrogen-bond donors (Lipinski definition) is 1. The van der Waals surface area contributed by atoms with Crippen LogP contribution in [0.1, 0.15) is 46.2 Å². The zero-order valence-corrected chi connectivity index (χ0v) is 16.2. The summed E-state index contributed by atoms with van der Waals surface area (Å²) in [5.74, 6) is -3.59. The minimum absolute atomic E-state index is 0.0525. The maximum absolute atomic E-state index is 13.9. The predicted molar refractivity (Wildman–Crippen MR) is 99.3 cm³/mol. The van der Waals surface area contributed by atoms with Crippen molar-refractivity contribution in [2.45, 2.75) is 25.9 Å². The lowest BCUT2D eigenvalue weighted by Crippen LogP contribution is -2.48. The van der Waals surface area contributed by atoms with Gasteiger partial charge in [0.15, 0.2) is 0 Å². The van der Waals surface area contributed by atoms with Gasteiger partial charge in [-0.3, -0.25) is 19.3 Å². The molecule has 1 aliphatic heterocycles. The number of halogens is 4. The van der Waals surface area contributed by atoms with Gasteiger partial charge in [0.05, 0.1) is 27.2 Å². The molecule has 3 amide bonds. The first kappa shape index (κ1) is 20.2. The number of amides is 3. The zero-order chi connectivity index (χ0) is 20.7. The Balaban J connectivity index is 1.80. The highest BCUT2D eigenvalue weighted by Crippen LogP contribution is 2.32. The molecule has 28 heavy (non-hydrogen) atoms. The molecule has 1 N–H and O–H groups in total. The summed E-state index contributed by atoms with van der Waals surface area (Å²) in [5, 5.41) is 2.75. The lowest BCUT2D eigenvalue weighted by molar-refractivity contribution is -0.125. The number of nitrogens with one attached hydrogen (secondary N) is 1. The Morgan fingerprint density at radius 2 is 1.54 bits per heavy atom. The summed E-state index contributed by atoms with van der Waals surface area (Å²) in [6.07, 6.45) is 0. The molecule has 0 saturated carbocycles. The molecule has 0 aromatic heterocycles. The van der Waals surface area contributed by atoms with E-state index in [1.165, 1.54) is 32.0 Å². The summed E-state index contributed by atoms with van der Waals surface area (Å²) in [5.41, 5.74) is 0.177. The second-order valence-corrected chi connectivity index (χ2v) is 7.18. The number of imide groups is 1. The molecular formula is C19H14Cl2F2N2O3. The Morgan fingerprint density at radius 1 is 1.00 bits per heavy atom. The summed E-state index contributed by atoms with van der Waals surface area (Å²) >= 11 is 11.8. The minimum atomic E-state index is -1.17. The van der Waals surface area contributed by atoms with Crippen LogP contribution in [0.25, 0.3) is 0 Å². The van der Waals surface area contributed by atoms with Crippen LogP contribution < -0.4 is 5.32 Å². The molecule has 1 heterocycles. The third kappa shape index (κ3) is 3.47. The monoisotopic (exact) mass is 426 g/mol. The molecule has 9 heteroatoms. The molecule has 0 spiro atoms. The lowest BCUT2D eigenvalue weighted by atomic mass is 10.1. The highest BCUT2D eigenvalue weighted by molar-refractivity contribution is 6.43. The molecule has 2 unspecified atom stereocenters. The molecule has 2 atom stereocenters. The van der Waals surface area contributed by atoms with Gasteiger partial charge in [0.25, 0.3) is 11.8 Å². The quantitative estimate of drug-likeness (QED) is 0.747. The van der Waals surface area contributed by atoms with Gasteiger partial charge >= 0.3 is 0 Å². The third-order valence-corrected chi connectivity index (χ3v) is 5.24. The Labute approximate surface area is 169 Å². The molecule has 2 aromatic rings. The molecule has 0 radical (unpaired) electrons. The van der Waals surface area contributed by atoms with Crippen molar-refractivity contribution < 1.29 is 23.2 Å². The second kappa shape index (κ2) is 7.48. The van der Waals surface area contributed by atoms with Crippen molar-refractivity contribution in [1.82, 2.24) is 10.2 Å². The number of nitrogens with zero attached hydrogens (tertiary/aromatic N) is 1. The number of carbonyl (C=O) groups excluding carboxylic acids is 3. The molecule has 5 nitrogen and oxygen atoms in total. The molecule has 0 aliphatic carbocycles. The number of rotatable bonds is 4. The molecule has 0 bridgehead atoms. The Morgan fingerprint density at radius 3 is 2.04 bits per heavy atom. The van der Waals surface area contributed by atoms with Crippen LogP contribution in [0.5, 0.6) is 0 Å². The Hall–Kier alpha value is -2.51. The van der Waals surface area contributed by atoms with Crippen LogP contribution in [0, 0.1) is 11.6 Å². The zero-order valence-electron chi connectivity index (χ0n) is 14.7. The minimum Gasteiger partial charge on any atom is -0.348 e. The van der Waals surface area contributed by atoms with Crippen LogP contribution in [0.3, 0.4) is 0 Å². The van der Waals surface area contributed by atoms with Gasteiger partial charge in [-0.15, -0.1) is 0 Å². The molecule has 2 aromatic carbocycles. The van der Waals surface area contributed by atoms with E-state index < -0.39 is 41.4 Å². The van der Waals surface area contributed by atoms with Gasteiger partial charge in [0.2, 0.25) is 5.91 Å². The summed E-state index contributed by atoms with van der Waals surface area (Å²) in [6, 6.07) is 3.57. The average molecular weight is 427 g/mol. The van der Waals surface area contributed by atoms with Crippen molar-refractivity contribution in [1.29, 1.82) is 0 Å². The van der Waals surface area contributed by atoms with Crippen LogP contribution in [0.4, 0.5) is 8.78 Å². The van der Waals surface area contributed by atoms with Crippen molar-refractivity contribution in [3.05, 3.63) is 68.7 Å². The first-order chi connectivity index (χ1) is 13.1. The highest BCUT2D eigenvalue weighted by atomic mass is 35.5. The predicted octanol–water partition coefficient (Wildman–Crippen LogP) is 4.13. The summed E-state index contributed by atoms with van der Waals surface area (Å²) in [6.45, 7) is 2.87. The van der Waals surface area contributed by atoms with Gasteiger partial charge in [-0.25, -0.2) is 8.78 Å². The molecule has 0 saturated heterocycles. The smallest absolute Gasteiger partial charge is 0.262 e. The van der Waals surface area contributed by atoms with E-state index in [1.54, 1.807) is 0 Å².